The molecule has 0 spiro atoms. The molecule has 0 unspecified atom stereocenters. The fourth-order valence-corrected chi connectivity index (χ4v) is 4.26. The molecule has 2 aromatic heterocycles. The predicted molar refractivity (Wildman–Crippen MR) is 121 cm³/mol. The Kier molecular flexibility index (Phi) is 5.21. The molecular formula is C25H27N3O4. The van der Waals surface area contributed by atoms with E-state index < -0.39 is 5.60 Å². The number of aromatic nitrogens is 3. The largest absolute Gasteiger partial charge is 0.460 e. The molecule has 7 heteroatoms. The Hall–Kier alpha value is -3.19. The van der Waals surface area contributed by atoms with Gasteiger partial charge in [0.1, 0.15) is 23.4 Å². The van der Waals surface area contributed by atoms with E-state index in [1.54, 1.807) is 0 Å². The van der Waals surface area contributed by atoms with Crippen LogP contribution in [0.3, 0.4) is 0 Å². The number of imidazole rings is 1. The number of ether oxygens (including phenoxy) is 2. The fourth-order valence-electron chi connectivity index (χ4n) is 4.26. The molecule has 0 amide bonds. The molecule has 3 heterocycles. The molecule has 0 atom stereocenters. The van der Waals surface area contributed by atoms with Crippen LogP contribution >= 0.6 is 0 Å². The van der Waals surface area contributed by atoms with Crippen LogP contribution in [0, 0.1) is 0 Å². The van der Waals surface area contributed by atoms with Crippen LogP contribution in [-0.2, 0) is 20.7 Å². The summed E-state index contributed by atoms with van der Waals surface area (Å²) in [7, 11) is 0. The normalized spacial score (nSPS) is 15.5. The van der Waals surface area contributed by atoms with Crippen molar-refractivity contribution in [3.8, 4) is 11.5 Å². The maximum atomic E-state index is 12.6. The van der Waals surface area contributed by atoms with Gasteiger partial charge in [0.15, 0.2) is 5.58 Å². The van der Waals surface area contributed by atoms with Gasteiger partial charge in [0.2, 0.25) is 5.89 Å². The summed E-state index contributed by atoms with van der Waals surface area (Å²) >= 11 is 0. The van der Waals surface area contributed by atoms with Crippen molar-refractivity contribution in [1.82, 2.24) is 14.5 Å². The lowest BCUT2D eigenvalue weighted by atomic mass is 10.1. The third kappa shape index (κ3) is 4.12. The van der Waals surface area contributed by atoms with Gasteiger partial charge in [-0.25, -0.2) is 9.97 Å². The summed E-state index contributed by atoms with van der Waals surface area (Å²) in [6.07, 6.45) is 1.90. The molecule has 0 aliphatic carbocycles. The van der Waals surface area contributed by atoms with Crippen molar-refractivity contribution < 1.29 is 18.7 Å². The molecule has 7 nitrogen and oxygen atoms in total. The van der Waals surface area contributed by atoms with E-state index in [0.29, 0.717) is 19.1 Å². The van der Waals surface area contributed by atoms with Gasteiger partial charge in [-0.05, 0) is 63.9 Å². The molecule has 0 N–H and O–H groups in total. The van der Waals surface area contributed by atoms with Gasteiger partial charge in [0.25, 0.3) is 0 Å². The second-order valence-corrected chi connectivity index (χ2v) is 9.20. The number of fused-ring (bicyclic) bond motifs is 2. The molecule has 0 saturated carbocycles. The number of hydrogen-bond donors (Lipinski definition) is 0. The average Bonchev–Trinajstić information content (AvgIpc) is 3.33. The number of rotatable bonds is 4. The third-order valence-electron chi connectivity index (χ3n) is 5.58. The number of benzene rings is 2. The molecule has 32 heavy (non-hydrogen) atoms. The summed E-state index contributed by atoms with van der Waals surface area (Å²) in [6, 6.07) is 14.0. The summed E-state index contributed by atoms with van der Waals surface area (Å²) in [6.45, 7) is 7.03. The molecule has 1 saturated heterocycles. The van der Waals surface area contributed by atoms with E-state index >= 15 is 0 Å². The molecule has 1 aliphatic heterocycles. The Morgan fingerprint density at radius 2 is 1.88 bits per heavy atom. The Balaban J connectivity index is 1.55. The van der Waals surface area contributed by atoms with Crippen LogP contribution in [0.25, 0.3) is 33.6 Å². The predicted octanol–water partition coefficient (Wildman–Crippen LogP) is 5.08. The molecule has 5 rings (SSSR count). The lowest BCUT2D eigenvalue weighted by molar-refractivity contribution is -0.154. The summed E-state index contributed by atoms with van der Waals surface area (Å²) in [4.78, 5) is 22.1. The highest BCUT2D eigenvalue weighted by Crippen LogP contribution is 2.32. The first-order valence-electron chi connectivity index (χ1n) is 11.0. The summed E-state index contributed by atoms with van der Waals surface area (Å²) in [5.41, 5.74) is 3.70. The van der Waals surface area contributed by atoms with Gasteiger partial charge >= 0.3 is 5.97 Å². The van der Waals surface area contributed by atoms with Gasteiger partial charge in [0, 0.05) is 24.8 Å². The first-order chi connectivity index (χ1) is 15.4. The molecule has 166 valence electrons. The zero-order valence-electron chi connectivity index (χ0n) is 18.6. The Labute approximate surface area is 186 Å². The smallest absolute Gasteiger partial charge is 0.313 e. The maximum Gasteiger partial charge on any atom is 0.313 e. The lowest BCUT2D eigenvalue weighted by Crippen LogP contribution is -2.27. The van der Waals surface area contributed by atoms with Crippen molar-refractivity contribution in [2.75, 3.05) is 13.2 Å². The van der Waals surface area contributed by atoms with Gasteiger partial charge in [-0.1, -0.05) is 12.1 Å². The zero-order valence-corrected chi connectivity index (χ0v) is 18.6. The first kappa shape index (κ1) is 20.7. The molecule has 2 aromatic carbocycles. The SMILES string of the molecule is CC(C)(C)OC(=O)Cc1nc2cc(-c3nc4ccccc4o3)ccc2n1C1CCOCC1. The number of esters is 1. The Morgan fingerprint density at radius 1 is 1.09 bits per heavy atom. The van der Waals surface area contributed by atoms with Crippen LogP contribution in [0.5, 0.6) is 0 Å². The van der Waals surface area contributed by atoms with E-state index in [1.807, 2.05) is 63.2 Å². The zero-order chi connectivity index (χ0) is 22.3. The number of para-hydroxylation sites is 2. The minimum absolute atomic E-state index is 0.127. The number of oxazole rings is 1. The molecule has 0 radical (unpaired) electrons. The van der Waals surface area contributed by atoms with E-state index in [9.17, 15) is 4.79 Å². The molecule has 1 fully saturated rings. The van der Waals surface area contributed by atoms with Crippen molar-refractivity contribution in [2.45, 2.75) is 51.7 Å². The van der Waals surface area contributed by atoms with Crippen LogP contribution in [0.15, 0.2) is 46.9 Å². The van der Waals surface area contributed by atoms with Gasteiger partial charge in [-0.15, -0.1) is 0 Å². The lowest BCUT2D eigenvalue weighted by Gasteiger charge is -2.26. The van der Waals surface area contributed by atoms with E-state index in [1.165, 1.54) is 0 Å². The van der Waals surface area contributed by atoms with Gasteiger partial charge in [0.05, 0.1) is 11.0 Å². The van der Waals surface area contributed by atoms with Gasteiger partial charge in [-0.3, -0.25) is 4.79 Å². The first-order valence-corrected chi connectivity index (χ1v) is 11.0. The summed E-state index contributed by atoms with van der Waals surface area (Å²) < 4.78 is 19.3. The van der Waals surface area contributed by atoms with Crippen LogP contribution < -0.4 is 0 Å². The second-order valence-electron chi connectivity index (χ2n) is 9.20. The van der Waals surface area contributed by atoms with Crippen molar-refractivity contribution in [1.29, 1.82) is 0 Å². The van der Waals surface area contributed by atoms with Gasteiger partial charge in [-0.2, -0.15) is 0 Å². The van der Waals surface area contributed by atoms with Crippen LogP contribution in [0.4, 0.5) is 0 Å². The standard InChI is InChI=1S/C25H27N3O4/c1-25(2,3)32-23(29)15-22-26-19-14-16(24-27-18-6-4-5-7-21(18)31-24)8-9-20(19)28(22)17-10-12-30-13-11-17/h4-9,14,17H,10-13,15H2,1-3H3. The fraction of sp³-hybridized carbons (Fsp3) is 0.400. The highest BCUT2D eigenvalue weighted by Gasteiger charge is 2.25. The van der Waals surface area contributed by atoms with Crippen molar-refractivity contribution in [2.24, 2.45) is 0 Å². The van der Waals surface area contributed by atoms with Crippen molar-refractivity contribution in [3.63, 3.8) is 0 Å². The molecule has 1 aliphatic rings. The minimum atomic E-state index is -0.535. The van der Waals surface area contributed by atoms with E-state index in [-0.39, 0.29) is 18.4 Å². The summed E-state index contributed by atoms with van der Waals surface area (Å²) in [5.74, 6) is 0.999. The Morgan fingerprint density at radius 3 is 2.62 bits per heavy atom. The minimum Gasteiger partial charge on any atom is -0.460 e. The third-order valence-corrected chi connectivity index (χ3v) is 5.58. The van der Waals surface area contributed by atoms with E-state index in [2.05, 4.69) is 9.55 Å². The second kappa shape index (κ2) is 8.06. The highest BCUT2D eigenvalue weighted by atomic mass is 16.6. The Bertz CT molecular complexity index is 1240. The molecule has 0 bridgehead atoms. The van der Waals surface area contributed by atoms with Crippen LogP contribution in [0.2, 0.25) is 0 Å². The number of carbonyl (C=O) groups is 1. The topological polar surface area (TPSA) is 79.4 Å². The van der Waals surface area contributed by atoms with E-state index in [4.69, 9.17) is 18.9 Å². The quantitative estimate of drug-likeness (QED) is 0.418. The average molecular weight is 434 g/mol. The number of carbonyl (C=O) groups excluding carboxylic acids is 1. The van der Waals surface area contributed by atoms with Gasteiger partial charge < -0.3 is 18.5 Å². The molecular weight excluding hydrogens is 406 g/mol. The maximum absolute atomic E-state index is 12.6. The van der Waals surface area contributed by atoms with Crippen molar-refractivity contribution in [3.05, 3.63) is 48.3 Å². The number of hydrogen-bond acceptors (Lipinski definition) is 6. The molecule has 4 aromatic rings. The number of nitrogens with zero attached hydrogens (tertiary/aromatic N) is 3. The van der Waals surface area contributed by atoms with Crippen LogP contribution in [-0.4, -0.2) is 39.3 Å². The summed E-state index contributed by atoms with van der Waals surface area (Å²) in [5, 5.41) is 0. The highest BCUT2D eigenvalue weighted by molar-refractivity contribution is 5.84. The monoisotopic (exact) mass is 433 g/mol. The van der Waals surface area contributed by atoms with Crippen molar-refractivity contribution >= 4 is 28.1 Å². The van der Waals surface area contributed by atoms with E-state index in [0.717, 1.165) is 46.4 Å². The van der Waals surface area contributed by atoms with Crippen LogP contribution in [0.1, 0.15) is 45.5 Å².